The van der Waals surface area contributed by atoms with Gasteiger partial charge >= 0.3 is 11.9 Å². The zero-order valence-electron chi connectivity index (χ0n) is 15.6. The molecule has 0 saturated heterocycles. The molecule has 0 unspecified atom stereocenters. The van der Waals surface area contributed by atoms with Crippen molar-refractivity contribution >= 4 is 50.7 Å². The summed E-state index contributed by atoms with van der Waals surface area (Å²) in [6.07, 6.45) is 0.653. The Morgan fingerprint density at radius 2 is 1.79 bits per heavy atom. The van der Waals surface area contributed by atoms with Crippen LogP contribution in [0.4, 0.5) is 5.69 Å². The average Bonchev–Trinajstić information content (AvgIpc) is 2.90. The fourth-order valence-corrected chi connectivity index (χ4v) is 7.36. The van der Waals surface area contributed by atoms with Crippen LogP contribution in [0.2, 0.25) is 0 Å². The molecule has 0 aliphatic carbocycles. The van der Waals surface area contributed by atoms with Gasteiger partial charge in [-0.05, 0) is 36.8 Å². The summed E-state index contributed by atoms with van der Waals surface area (Å²) in [5.41, 5.74) is 0.675. The maximum absolute atomic E-state index is 13.6. The van der Waals surface area contributed by atoms with E-state index in [9.17, 15) is 18.0 Å². The topological polar surface area (TPSA) is 90.0 Å². The molecule has 7 nitrogen and oxygen atoms in total. The first-order valence-corrected chi connectivity index (χ1v) is 11.6. The van der Waals surface area contributed by atoms with Crippen molar-refractivity contribution in [3.63, 3.8) is 0 Å². The Morgan fingerprint density at radius 1 is 1.11 bits per heavy atom. The lowest BCUT2D eigenvalue weighted by molar-refractivity contribution is 0.0596. The van der Waals surface area contributed by atoms with Crippen LogP contribution in [-0.4, -0.2) is 46.9 Å². The van der Waals surface area contributed by atoms with Gasteiger partial charge in [0.1, 0.15) is 4.88 Å². The highest BCUT2D eigenvalue weighted by molar-refractivity contribution is 7.99. The number of benzene rings is 1. The molecule has 1 aliphatic heterocycles. The van der Waals surface area contributed by atoms with E-state index < -0.39 is 22.0 Å². The van der Waals surface area contributed by atoms with Gasteiger partial charge in [-0.25, -0.2) is 18.0 Å². The number of anilines is 1. The number of methoxy groups -OCH3 is 2. The number of para-hydroxylation sites is 1. The third-order valence-corrected chi connectivity index (χ3v) is 9.03. The van der Waals surface area contributed by atoms with Crippen LogP contribution in [0.25, 0.3) is 0 Å². The number of ether oxygens (including phenoxy) is 2. The first kappa shape index (κ1) is 20.7. The van der Waals surface area contributed by atoms with E-state index >= 15 is 0 Å². The molecule has 0 atom stereocenters. The number of thiophene rings is 1. The van der Waals surface area contributed by atoms with Gasteiger partial charge in [-0.15, -0.1) is 23.1 Å². The van der Waals surface area contributed by atoms with Crippen molar-refractivity contribution in [3.8, 4) is 0 Å². The minimum atomic E-state index is -4.10. The van der Waals surface area contributed by atoms with Crippen LogP contribution in [-0.2, 0) is 19.5 Å². The second-order valence-corrected chi connectivity index (χ2v) is 10.2. The second kappa shape index (κ2) is 8.14. The molecular formula is C18H19NO6S3. The lowest BCUT2D eigenvalue weighted by atomic mass is 10.2. The molecule has 28 heavy (non-hydrogen) atoms. The summed E-state index contributed by atoms with van der Waals surface area (Å²) < 4.78 is 37.8. The van der Waals surface area contributed by atoms with Gasteiger partial charge in [0.05, 0.1) is 25.5 Å². The van der Waals surface area contributed by atoms with E-state index in [1.807, 2.05) is 12.1 Å². The molecule has 2 heterocycles. The van der Waals surface area contributed by atoms with Crippen molar-refractivity contribution in [1.82, 2.24) is 0 Å². The molecule has 2 aromatic rings. The van der Waals surface area contributed by atoms with Gasteiger partial charge in [0.25, 0.3) is 10.0 Å². The minimum Gasteiger partial charge on any atom is -0.465 e. The predicted molar refractivity (Wildman–Crippen MR) is 108 cm³/mol. The molecule has 0 N–H and O–H groups in total. The van der Waals surface area contributed by atoms with Gasteiger partial charge in [0.15, 0.2) is 4.21 Å². The summed E-state index contributed by atoms with van der Waals surface area (Å²) in [6.45, 7) is 1.79. The third kappa shape index (κ3) is 3.51. The Kier molecular flexibility index (Phi) is 6.01. The normalized spacial score (nSPS) is 14.2. The van der Waals surface area contributed by atoms with E-state index in [1.165, 1.54) is 25.4 Å². The first-order chi connectivity index (χ1) is 13.3. The number of nitrogens with zero attached hydrogens (tertiary/aromatic N) is 1. The Balaban J connectivity index is 2.22. The van der Waals surface area contributed by atoms with Crippen molar-refractivity contribution in [2.75, 3.05) is 30.8 Å². The molecule has 0 saturated carbocycles. The molecule has 3 rings (SSSR count). The van der Waals surface area contributed by atoms with Gasteiger partial charge < -0.3 is 9.47 Å². The molecule has 1 aliphatic rings. The summed E-state index contributed by atoms with van der Waals surface area (Å²) in [7, 11) is -1.72. The van der Waals surface area contributed by atoms with Crippen LogP contribution in [0.3, 0.4) is 0 Å². The lowest BCUT2D eigenvalue weighted by Crippen LogP contribution is -2.32. The number of carbonyl (C=O) groups excluding carboxylic acids is 2. The van der Waals surface area contributed by atoms with E-state index in [2.05, 4.69) is 0 Å². The summed E-state index contributed by atoms with van der Waals surface area (Å²) in [5.74, 6) is -0.718. The van der Waals surface area contributed by atoms with E-state index in [0.717, 1.165) is 22.0 Å². The molecule has 0 fully saturated rings. The maximum atomic E-state index is 13.6. The molecule has 0 bridgehead atoms. The fourth-order valence-electron chi connectivity index (χ4n) is 2.94. The lowest BCUT2D eigenvalue weighted by Gasteiger charge is -2.23. The molecular weight excluding hydrogens is 422 g/mol. The number of rotatable bonds is 4. The van der Waals surface area contributed by atoms with Gasteiger partial charge in [0.2, 0.25) is 0 Å². The van der Waals surface area contributed by atoms with Gasteiger partial charge in [0, 0.05) is 11.4 Å². The summed E-state index contributed by atoms with van der Waals surface area (Å²) in [4.78, 5) is 25.4. The van der Waals surface area contributed by atoms with Crippen molar-refractivity contribution in [3.05, 3.63) is 40.3 Å². The molecule has 0 amide bonds. The highest BCUT2D eigenvalue weighted by atomic mass is 32.2. The van der Waals surface area contributed by atoms with Crippen LogP contribution in [0.5, 0.6) is 0 Å². The molecule has 150 valence electrons. The fraction of sp³-hybridized carbons (Fsp3) is 0.333. The highest BCUT2D eigenvalue weighted by Gasteiger charge is 2.37. The minimum absolute atomic E-state index is 0.0685. The van der Waals surface area contributed by atoms with Crippen LogP contribution < -0.4 is 4.31 Å². The average molecular weight is 442 g/mol. The van der Waals surface area contributed by atoms with Crippen molar-refractivity contribution in [2.45, 2.75) is 22.4 Å². The first-order valence-electron chi connectivity index (χ1n) is 8.37. The van der Waals surface area contributed by atoms with E-state index in [1.54, 1.807) is 23.9 Å². The van der Waals surface area contributed by atoms with Crippen LogP contribution in [0, 0.1) is 6.92 Å². The Labute approximate surface area is 171 Å². The quantitative estimate of drug-likeness (QED) is 0.672. The molecule has 0 spiro atoms. The molecule has 1 aromatic carbocycles. The third-order valence-electron chi connectivity index (χ3n) is 4.30. The van der Waals surface area contributed by atoms with Crippen molar-refractivity contribution < 1.29 is 27.5 Å². The van der Waals surface area contributed by atoms with E-state index in [0.29, 0.717) is 12.1 Å². The Hall–Kier alpha value is -2.04. The van der Waals surface area contributed by atoms with Crippen LogP contribution in [0.15, 0.2) is 33.4 Å². The van der Waals surface area contributed by atoms with E-state index in [-0.39, 0.29) is 26.8 Å². The van der Waals surface area contributed by atoms with Crippen molar-refractivity contribution in [2.24, 2.45) is 0 Å². The predicted octanol–water partition coefficient (Wildman–Crippen LogP) is 3.32. The Morgan fingerprint density at radius 3 is 2.46 bits per heavy atom. The van der Waals surface area contributed by atoms with Crippen molar-refractivity contribution in [1.29, 1.82) is 0 Å². The SMILES string of the molecule is COC(=O)c1sc(S(=O)(=O)N2CCCSc3ccccc32)c(C(=O)OC)c1C. The maximum Gasteiger partial charge on any atom is 0.348 e. The number of esters is 2. The number of fused-ring (bicyclic) bond motifs is 1. The molecule has 0 radical (unpaired) electrons. The monoisotopic (exact) mass is 441 g/mol. The number of thioether (sulfide) groups is 1. The number of hydrogen-bond acceptors (Lipinski definition) is 8. The largest absolute Gasteiger partial charge is 0.465 e. The molecule has 1 aromatic heterocycles. The molecule has 10 heteroatoms. The van der Waals surface area contributed by atoms with Gasteiger partial charge in [-0.1, -0.05) is 12.1 Å². The standard InChI is InChI=1S/C18H19NO6S3/c1-11-14(16(20)24-2)18(27-15(11)17(21)25-3)28(22,23)19-9-6-10-26-13-8-5-4-7-12(13)19/h4-5,7-8H,6,9-10H2,1-3H3. The van der Waals surface area contributed by atoms with Gasteiger partial charge in [-0.3, -0.25) is 4.31 Å². The highest BCUT2D eigenvalue weighted by Crippen LogP contribution is 2.40. The van der Waals surface area contributed by atoms with E-state index in [4.69, 9.17) is 9.47 Å². The van der Waals surface area contributed by atoms with Crippen LogP contribution in [0.1, 0.15) is 32.0 Å². The zero-order valence-corrected chi connectivity index (χ0v) is 18.0. The number of sulfonamides is 1. The number of carbonyl (C=O) groups is 2. The van der Waals surface area contributed by atoms with Gasteiger partial charge in [-0.2, -0.15) is 0 Å². The zero-order chi connectivity index (χ0) is 20.5. The van der Waals surface area contributed by atoms with Crippen LogP contribution >= 0.6 is 23.1 Å². The summed E-state index contributed by atoms with van der Waals surface area (Å²) in [5, 5.41) is 0. The second-order valence-electron chi connectivity index (χ2n) is 5.95. The summed E-state index contributed by atoms with van der Waals surface area (Å²) >= 11 is 2.32. The smallest absolute Gasteiger partial charge is 0.348 e. The number of hydrogen-bond donors (Lipinski definition) is 0. The summed E-state index contributed by atoms with van der Waals surface area (Å²) in [6, 6.07) is 7.24. The Bertz CT molecular complexity index is 1030.